The molecule has 2 aliphatic heterocycles. The van der Waals surface area contributed by atoms with Crippen LogP contribution in [0.1, 0.15) is 54.4 Å². The van der Waals surface area contributed by atoms with Gasteiger partial charge in [0.15, 0.2) is 0 Å². The van der Waals surface area contributed by atoms with Crippen LogP contribution in [0.3, 0.4) is 0 Å². The normalized spacial score (nSPS) is 23.6. The Bertz CT molecular complexity index is 1610. The zero-order valence-corrected chi connectivity index (χ0v) is 28.0. The molecule has 3 aromatic rings. The Morgan fingerprint density at radius 3 is 2.62 bits per heavy atom. The van der Waals surface area contributed by atoms with Crippen molar-refractivity contribution in [3.63, 3.8) is 0 Å². The maximum atomic E-state index is 15.4. The van der Waals surface area contributed by atoms with E-state index in [2.05, 4.69) is 10.2 Å². The number of methoxy groups -OCH3 is 1. The minimum Gasteiger partial charge on any atom is -0.481 e. The van der Waals surface area contributed by atoms with Crippen molar-refractivity contribution < 1.29 is 33.4 Å². The van der Waals surface area contributed by atoms with E-state index < -0.39 is 11.8 Å². The molecule has 2 amide bonds. The van der Waals surface area contributed by atoms with Crippen LogP contribution < -0.4 is 5.32 Å². The number of likely N-dealkylation sites (tertiary alicyclic amines) is 2. The fourth-order valence-electron chi connectivity index (χ4n) is 7.15. The van der Waals surface area contributed by atoms with E-state index in [1.807, 2.05) is 29.2 Å². The van der Waals surface area contributed by atoms with Gasteiger partial charge in [0.05, 0.1) is 47.4 Å². The molecule has 3 heterocycles. The van der Waals surface area contributed by atoms with Crippen LogP contribution in [0.4, 0.5) is 10.1 Å². The number of hydrogen-bond donors (Lipinski definition) is 2. The number of thiophene rings is 1. The molecule has 47 heavy (non-hydrogen) atoms. The molecule has 0 bridgehead atoms. The van der Waals surface area contributed by atoms with Crippen molar-refractivity contribution in [2.75, 3.05) is 45.3 Å². The molecule has 0 radical (unpaired) electrons. The Labute approximate surface area is 283 Å². The van der Waals surface area contributed by atoms with E-state index in [4.69, 9.17) is 21.1 Å². The molecule has 3 aliphatic rings. The smallest absolute Gasteiger partial charge is 0.306 e. The first-order valence-electron chi connectivity index (χ1n) is 16.3. The second kappa shape index (κ2) is 15.0. The number of ether oxygens (including phenoxy) is 2. The molecule has 2 atom stereocenters. The number of hydrogen-bond acceptors (Lipinski definition) is 7. The standard InChI is InChI=1S/C35H41ClFN3O6S/c1-45-11-10-21-16-39(17-21)24-14-25(19-46-26-8-6-22(7-9-26)35(43)44)40(18-24)33(41)13-23-12-29(36)31(15-30(23)37)38-34(42)28-20-47-32-5-3-2-4-27(28)32/h2-5,12,15,20-22,24-26H,6-11,13-14,16-19H2,1H3,(H,38,42)(H,43,44)/t22?,24-,25?,26?/m0/s1. The molecule has 6 rings (SSSR count). The van der Waals surface area contributed by atoms with E-state index in [9.17, 15) is 19.5 Å². The van der Waals surface area contributed by atoms with Crippen LogP contribution in [0.15, 0.2) is 41.8 Å². The van der Waals surface area contributed by atoms with Crippen molar-refractivity contribution in [3.05, 3.63) is 63.7 Å². The van der Waals surface area contributed by atoms with Gasteiger partial charge in [0.1, 0.15) is 5.82 Å². The molecule has 1 saturated carbocycles. The van der Waals surface area contributed by atoms with E-state index in [0.29, 0.717) is 50.3 Å². The minimum atomic E-state index is -0.754. The zero-order valence-electron chi connectivity index (χ0n) is 26.5. The highest BCUT2D eigenvalue weighted by Gasteiger charge is 2.42. The number of aliphatic carboxylic acids is 1. The summed E-state index contributed by atoms with van der Waals surface area (Å²) in [6.45, 7) is 3.55. The predicted molar refractivity (Wildman–Crippen MR) is 180 cm³/mol. The first-order valence-corrected chi connectivity index (χ1v) is 17.6. The molecule has 3 fully saturated rings. The molecule has 12 heteroatoms. The summed E-state index contributed by atoms with van der Waals surface area (Å²) < 4.78 is 27.9. The summed E-state index contributed by atoms with van der Waals surface area (Å²) >= 11 is 7.98. The number of benzene rings is 2. The highest BCUT2D eigenvalue weighted by Crippen LogP contribution is 2.33. The first-order chi connectivity index (χ1) is 22.7. The van der Waals surface area contributed by atoms with Gasteiger partial charge in [-0.25, -0.2) is 4.39 Å². The van der Waals surface area contributed by atoms with Gasteiger partial charge in [-0.1, -0.05) is 29.8 Å². The van der Waals surface area contributed by atoms with Crippen LogP contribution >= 0.6 is 22.9 Å². The Morgan fingerprint density at radius 1 is 1.11 bits per heavy atom. The van der Waals surface area contributed by atoms with Crippen molar-refractivity contribution in [3.8, 4) is 0 Å². The minimum absolute atomic E-state index is 0.0323. The van der Waals surface area contributed by atoms with Gasteiger partial charge in [0.2, 0.25) is 5.91 Å². The summed E-state index contributed by atoms with van der Waals surface area (Å²) in [7, 11) is 1.71. The van der Waals surface area contributed by atoms with Crippen LogP contribution in [0.5, 0.6) is 0 Å². The van der Waals surface area contributed by atoms with Crippen molar-refractivity contribution in [2.45, 2.75) is 63.1 Å². The third kappa shape index (κ3) is 7.81. The molecule has 1 aromatic heterocycles. The Kier molecular flexibility index (Phi) is 10.8. The van der Waals surface area contributed by atoms with E-state index in [0.717, 1.165) is 42.6 Å². The van der Waals surface area contributed by atoms with Gasteiger partial charge in [-0.3, -0.25) is 19.3 Å². The predicted octanol–water partition coefficient (Wildman–Crippen LogP) is 6.09. The number of rotatable bonds is 12. The summed E-state index contributed by atoms with van der Waals surface area (Å²) in [5.74, 6) is -1.70. The number of carbonyl (C=O) groups is 3. The molecular weight excluding hydrogens is 645 g/mol. The molecule has 2 aromatic carbocycles. The van der Waals surface area contributed by atoms with Gasteiger partial charge < -0.3 is 24.8 Å². The van der Waals surface area contributed by atoms with E-state index in [1.165, 1.54) is 23.5 Å². The van der Waals surface area contributed by atoms with Crippen molar-refractivity contribution >= 4 is 56.5 Å². The first kappa shape index (κ1) is 33.8. The Hall–Kier alpha value is -3.09. The number of carboxylic acids is 1. The number of anilines is 1. The second-order valence-electron chi connectivity index (χ2n) is 13.0. The van der Waals surface area contributed by atoms with Gasteiger partial charge in [0.25, 0.3) is 5.91 Å². The fourth-order valence-corrected chi connectivity index (χ4v) is 8.32. The van der Waals surface area contributed by atoms with E-state index in [-0.39, 0.29) is 58.6 Å². The van der Waals surface area contributed by atoms with Crippen molar-refractivity contribution in [2.24, 2.45) is 11.8 Å². The van der Waals surface area contributed by atoms with Gasteiger partial charge in [-0.05, 0) is 68.2 Å². The molecule has 0 spiro atoms. The van der Waals surface area contributed by atoms with Crippen LogP contribution in [0.25, 0.3) is 10.1 Å². The zero-order chi connectivity index (χ0) is 33.1. The van der Waals surface area contributed by atoms with E-state index in [1.54, 1.807) is 12.5 Å². The number of nitrogens with zero attached hydrogens (tertiary/aromatic N) is 2. The van der Waals surface area contributed by atoms with Gasteiger partial charge in [-0.2, -0.15) is 0 Å². The average molecular weight is 686 g/mol. The number of carboxylic acid groups (broad SMARTS) is 1. The van der Waals surface area contributed by atoms with E-state index >= 15 is 4.39 Å². The van der Waals surface area contributed by atoms with Crippen molar-refractivity contribution in [1.29, 1.82) is 0 Å². The van der Waals surface area contributed by atoms with Crippen LogP contribution in [-0.2, 0) is 25.5 Å². The monoisotopic (exact) mass is 685 g/mol. The van der Waals surface area contributed by atoms with Gasteiger partial charge >= 0.3 is 5.97 Å². The molecular formula is C35H41ClFN3O6S. The summed E-state index contributed by atoms with van der Waals surface area (Å²) in [5.41, 5.74) is 0.796. The molecule has 9 nitrogen and oxygen atoms in total. The summed E-state index contributed by atoms with van der Waals surface area (Å²) in [6.07, 6.45) is 4.12. The topological polar surface area (TPSA) is 108 Å². The highest BCUT2D eigenvalue weighted by molar-refractivity contribution is 7.17. The molecule has 2 saturated heterocycles. The Balaban J connectivity index is 1.11. The second-order valence-corrected chi connectivity index (χ2v) is 14.4. The van der Waals surface area contributed by atoms with Crippen LogP contribution in [0, 0.1) is 17.7 Å². The number of halogens is 2. The van der Waals surface area contributed by atoms with Crippen molar-refractivity contribution in [1.82, 2.24) is 9.80 Å². The number of fused-ring (bicyclic) bond motifs is 1. The molecule has 1 aliphatic carbocycles. The third-order valence-corrected chi connectivity index (χ3v) is 11.2. The summed E-state index contributed by atoms with van der Waals surface area (Å²) in [4.78, 5) is 42.4. The molecule has 2 N–H and O–H groups in total. The largest absolute Gasteiger partial charge is 0.481 e. The maximum Gasteiger partial charge on any atom is 0.306 e. The quantitative estimate of drug-likeness (QED) is 0.238. The number of carbonyl (C=O) groups excluding carboxylic acids is 2. The lowest BCUT2D eigenvalue weighted by molar-refractivity contribution is -0.144. The molecule has 1 unspecified atom stereocenters. The summed E-state index contributed by atoms with van der Waals surface area (Å²) in [6, 6.07) is 10.2. The lowest BCUT2D eigenvalue weighted by Crippen LogP contribution is -2.53. The lowest BCUT2D eigenvalue weighted by Gasteiger charge is -2.43. The van der Waals surface area contributed by atoms with Crippen LogP contribution in [0.2, 0.25) is 5.02 Å². The van der Waals surface area contributed by atoms with Crippen LogP contribution in [-0.4, -0.2) is 90.8 Å². The maximum absolute atomic E-state index is 15.4. The third-order valence-electron chi connectivity index (χ3n) is 9.94. The number of nitrogens with one attached hydrogen (secondary N) is 1. The highest BCUT2D eigenvalue weighted by atomic mass is 35.5. The average Bonchev–Trinajstić information content (AvgIpc) is 3.67. The SMILES string of the molecule is COCCC1CN([C@H]2CC(COC3CCC(C(=O)O)CC3)N(C(=O)Cc3cc(Cl)c(NC(=O)c4csc5ccccc45)cc3F)C2)C1. The Morgan fingerprint density at radius 2 is 1.87 bits per heavy atom. The fraction of sp³-hybridized carbons (Fsp3) is 0.514. The van der Waals surface area contributed by atoms with Gasteiger partial charge in [-0.15, -0.1) is 11.3 Å². The molecule has 252 valence electrons. The van der Waals surface area contributed by atoms with Gasteiger partial charge in [0, 0.05) is 54.9 Å². The lowest BCUT2D eigenvalue weighted by atomic mass is 9.87. The summed E-state index contributed by atoms with van der Waals surface area (Å²) in [5, 5.41) is 14.8. The number of amides is 2.